The molecule has 4 nitrogen and oxygen atoms in total. The minimum atomic E-state index is -0.297. The first-order valence-corrected chi connectivity index (χ1v) is 6.85. The van der Waals surface area contributed by atoms with Crippen molar-refractivity contribution in [1.82, 2.24) is 10.2 Å². The highest BCUT2D eigenvalue weighted by molar-refractivity contribution is 7.16. The number of rotatable bonds is 4. The number of carbonyl (C=O) groups excluding carboxylic acids is 1. The Balaban J connectivity index is 2.22. The summed E-state index contributed by atoms with van der Waals surface area (Å²) in [6.45, 7) is 1.28. The molecule has 5 heteroatoms. The Hall–Kier alpha value is -1.72. The van der Waals surface area contributed by atoms with Gasteiger partial charge in [-0.2, -0.15) is 0 Å². The topological polar surface area (TPSA) is 49.4 Å². The van der Waals surface area contributed by atoms with E-state index in [9.17, 15) is 9.59 Å². The van der Waals surface area contributed by atoms with Crippen LogP contribution in [-0.4, -0.2) is 38.0 Å². The SMILES string of the molecule is CN(C)CCNC(=O)c1cc2ccccc2sc1=O. The highest BCUT2D eigenvalue weighted by Crippen LogP contribution is 2.16. The molecule has 0 spiro atoms. The summed E-state index contributed by atoms with van der Waals surface area (Å²) in [5, 5.41) is 3.68. The molecule has 0 unspecified atom stereocenters. The van der Waals surface area contributed by atoms with E-state index < -0.39 is 0 Å². The van der Waals surface area contributed by atoms with Crippen LogP contribution in [0.3, 0.4) is 0 Å². The zero-order valence-corrected chi connectivity index (χ0v) is 11.8. The van der Waals surface area contributed by atoms with E-state index in [-0.39, 0.29) is 16.2 Å². The van der Waals surface area contributed by atoms with Gasteiger partial charge in [-0.3, -0.25) is 9.59 Å². The molecule has 0 bridgehead atoms. The van der Waals surface area contributed by atoms with Gasteiger partial charge in [0.1, 0.15) is 0 Å². The molecular formula is C14H16N2O2S. The van der Waals surface area contributed by atoms with Crippen molar-refractivity contribution < 1.29 is 4.79 Å². The van der Waals surface area contributed by atoms with Crippen LogP contribution in [0.15, 0.2) is 35.1 Å². The molecule has 1 amide bonds. The lowest BCUT2D eigenvalue weighted by molar-refractivity contribution is 0.0950. The molecular weight excluding hydrogens is 260 g/mol. The maximum absolute atomic E-state index is 12.0. The van der Waals surface area contributed by atoms with Gasteiger partial charge in [-0.05, 0) is 31.6 Å². The Kier molecular flexibility index (Phi) is 4.29. The van der Waals surface area contributed by atoms with Gasteiger partial charge in [-0.1, -0.05) is 29.5 Å². The van der Waals surface area contributed by atoms with Crippen LogP contribution in [0, 0.1) is 0 Å². The molecule has 1 heterocycles. The third-order valence-corrected chi connectivity index (χ3v) is 3.73. The Bertz CT molecular complexity index is 649. The molecule has 0 atom stereocenters. The zero-order valence-electron chi connectivity index (χ0n) is 11.0. The fourth-order valence-electron chi connectivity index (χ4n) is 1.71. The Morgan fingerprint density at radius 2 is 2.05 bits per heavy atom. The second-order valence-electron chi connectivity index (χ2n) is 4.54. The summed E-state index contributed by atoms with van der Waals surface area (Å²) in [4.78, 5) is 25.9. The summed E-state index contributed by atoms with van der Waals surface area (Å²) in [5.41, 5.74) is 0.224. The Morgan fingerprint density at radius 1 is 1.32 bits per heavy atom. The van der Waals surface area contributed by atoms with Crippen molar-refractivity contribution in [1.29, 1.82) is 0 Å². The second-order valence-corrected chi connectivity index (χ2v) is 5.56. The summed E-state index contributed by atoms with van der Waals surface area (Å²) in [5.74, 6) is -0.297. The lowest BCUT2D eigenvalue weighted by atomic mass is 10.2. The van der Waals surface area contributed by atoms with Crippen molar-refractivity contribution in [2.75, 3.05) is 27.2 Å². The number of hydrogen-bond donors (Lipinski definition) is 1. The van der Waals surface area contributed by atoms with Crippen LogP contribution in [0.2, 0.25) is 0 Å². The van der Waals surface area contributed by atoms with E-state index in [4.69, 9.17) is 0 Å². The van der Waals surface area contributed by atoms with E-state index in [1.165, 1.54) is 0 Å². The van der Waals surface area contributed by atoms with Gasteiger partial charge in [-0.25, -0.2) is 0 Å². The number of amides is 1. The molecule has 0 radical (unpaired) electrons. The number of nitrogens with one attached hydrogen (secondary N) is 1. The average Bonchev–Trinajstić information content (AvgIpc) is 2.37. The van der Waals surface area contributed by atoms with Gasteiger partial charge >= 0.3 is 0 Å². The molecule has 100 valence electrons. The molecule has 1 aromatic heterocycles. The van der Waals surface area contributed by atoms with Gasteiger partial charge in [0.15, 0.2) is 0 Å². The van der Waals surface area contributed by atoms with Crippen molar-refractivity contribution in [2.45, 2.75) is 0 Å². The van der Waals surface area contributed by atoms with Crippen molar-refractivity contribution >= 4 is 27.3 Å². The molecule has 2 aromatic rings. The van der Waals surface area contributed by atoms with Crippen LogP contribution < -0.4 is 10.1 Å². The molecule has 0 saturated heterocycles. The summed E-state index contributed by atoms with van der Waals surface area (Å²) >= 11 is 1.11. The number of hydrogen-bond acceptors (Lipinski definition) is 4. The van der Waals surface area contributed by atoms with Crippen LogP contribution in [0.4, 0.5) is 0 Å². The van der Waals surface area contributed by atoms with Crippen molar-refractivity contribution in [3.8, 4) is 0 Å². The number of fused-ring (bicyclic) bond motifs is 1. The van der Waals surface area contributed by atoms with Gasteiger partial charge in [-0.15, -0.1) is 0 Å². The summed E-state index contributed by atoms with van der Waals surface area (Å²) in [6.07, 6.45) is 0. The average molecular weight is 276 g/mol. The molecule has 0 aliphatic heterocycles. The molecule has 0 fully saturated rings. The lowest BCUT2D eigenvalue weighted by Crippen LogP contribution is -2.33. The first-order valence-electron chi connectivity index (χ1n) is 6.04. The van der Waals surface area contributed by atoms with Crippen LogP contribution in [0.25, 0.3) is 10.1 Å². The van der Waals surface area contributed by atoms with Crippen LogP contribution in [0.5, 0.6) is 0 Å². The number of carbonyl (C=O) groups is 1. The van der Waals surface area contributed by atoms with Gasteiger partial charge in [0, 0.05) is 17.8 Å². The van der Waals surface area contributed by atoms with Crippen molar-refractivity contribution in [2.24, 2.45) is 0 Å². The fourth-order valence-corrected chi connectivity index (χ4v) is 2.56. The van der Waals surface area contributed by atoms with E-state index in [2.05, 4.69) is 5.32 Å². The number of benzene rings is 1. The predicted molar refractivity (Wildman–Crippen MR) is 79.0 cm³/mol. The lowest BCUT2D eigenvalue weighted by Gasteiger charge is -2.10. The number of nitrogens with zero attached hydrogens (tertiary/aromatic N) is 1. The third-order valence-electron chi connectivity index (χ3n) is 2.73. The fraction of sp³-hybridized carbons (Fsp3) is 0.286. The first kappa shape index (κ1) is 13.7. The predicted octanol–water partition coefficient (Wildman–Crippen LogP) is 1.55. The Labute approximate surface area is 115 Å². The highest BCUT2D eigenvalue weighted by atomic mass is 32.1. The quantitative estimate of drug-likeness (QED) is 0.922. The molecule has 0 aliphatic rings. The van der Waals surface area contributed by atoms with Crippen molar-refractivity contribution in [3.05, 3.63) is 45.4 Å². The minimum Gasteiger partial charge on any atom is -0.351 e. The Morgan fingerprint density at radius 3 is 2.79 bits per heavy atom. The van der Waals surface area contributed by atoms with Gasteiger partial charge in [0.25, 0.3) is 5.91 Å². The molecule has 1 aromatic carbocycles. The van der Waals surface area contributed by atoms with Gasteiger partial charge in [0.2, 0.25) is 4.74 Å². The van der Waals surface area contributed by atoms with E-state index in [0.717, 1.165) is 28.0 Å². The molecule has 0 aliphatic carbocycles. The monoisotopic (exact) mass is 276 g/mol. The smallest absolute Gasteiger partial charge is 0.256 e. The van der Waals surface area contributed by atoms with Crippen molar-refractivity contribution in [3.63, 3.8) is 0 Å². The van der Waals surface area contributed by atoms with Crippen LogP contribution in [-0.2, 0) is 0 Å². The summed E-state index contributed by atoms with van der Waals surface area (Å²) < 4.78 is 0.707. The first-order chi connectivity index (χ1) is 9.08. The normalized spacial score (nSPS) is 10.9. The molecule has 0 saturated carbocycles. The van der Waals surface area contributed by atoms with Crippen LogP contribution >= 0.6 is 11.3 Å². The van der Waals surface area contributed by atoms with E-state index in [1.54, 1.807) is 6.07 Å². The maximum atomic E-state index is 12.0. The minimum absolute atomic E-state index is 0.193. The largest absolute Gasteiger partial charge is 0.351 e. The molecule has 2 rings (SSSR count). The van der Waals surface area contributed by atoms with E-state index >= 15 is 0 Å². The van der Waals surface area contributed by atoms with E-state index in [1.807, 2.05) is 43.3 Å². The van der Waals surface area contributed by atoms with Gasteiger partial charge < -0.3 is 10.2 Å². The van der Waals surface area contributed by atoms with Gasteiger partial charge in [0.05, 0.1) is 5.56 Å². The molecule has 19 heavy (non-hydrogen) atoms. The van der Waals surface area contributed by atoms with Crippen LogP contribution in [0.1, 0.15) is 10.4 Å². The number of likely N-dealkylation sites (N-methyl/N-ethyl adjacent to an activating group) is 1. The van der Waals surface area contributed by atoms with E-state index in [0.29, 0.717) is 6.54 Å². The zero-order chi connectivity index (χ0) is 13.8. The summed E-state index contributed by atoms with van der Waals surface area (Å²) in [6, 6.07) is 9.23. The highest BCUT2D eigenvalue weighted by Gasteiger charge is 2.11. The molecule has 1 N–H and O–H groups in total. The third kappa shape index (κ3) is 3.39. The second kappa shape index (κ2) is 5.95. The standard InChI is InChI=1S/C14H16N2O2S/c1-16(2)8-7-15-13(17)11-9-10-5-3-4-6-12(10)19-14(11)18/h3-6,9H,7-8H2,1-2H3,(H,15,17). The maximum Gasteiger partial charge on any atom is 0.256 e. The summed E-state index contributed by atoms with van der Waals surface area (Å²) in [7, 11) is 3.87.